The molecule has 3 atom stereocenters. The van der Waals surface area contributed by atoms with E-state index in [4.69, 9.17) is 5.73 Å². The van der Waals surface area contributed by atoms with Crippen LogP contribution in [0.5, 0.6) is 5.88 Å². The number of nitrogens with one attached hydrogen (secondary N) is 1. The van der Waals surface area contributed by atoms with Crippen LogP contribution in [0.25, 0.3) is 0 Å². The van der Waals surface area contributed by atoms with Crippen LogP contribution < -0.4 is 15.8 Å². The van der Waals surface area contributed by atoms with Gasteiger partial charge in [0.15, 0.2) is 11.8 Å². The molecule has 35 heavy (non-hydrogen) atoms. The predicted molar refractivity (Wildman–Crippen MR) is 116 cm³/mol. The lowest BCUT2D eigenvalue weighted by molar-refractivity contribution is -0.154. The molecule has 0 saturated heterocycles. The minimum absolute atomic E-state index is 0.00515. The number of amidine groups is 1. The number of aromatic nitrogens is 2. The summed E-state index contributed by atoms with van der Waals surface area (Å²) in [4.78, 5) is 24.3. The molecule has 4 rings (SSSR count). The van der Waals surface area contributed by atoms with E-state index in [9.17, 15) is 26.7 Å². The molecule has 1 aromatic heterocycles. The molecule has 188 valence electrons. The van der Waals surface area contributed by atoms with E-state index in [0.29, 0.717) is 0 Å². The number of thioether (sulfide) groups is 1. The average Bonchev–Trinajstić information content (AvgIpc) is 3.51. The highest BCUT2D eigenvalue weighted by molar-refractivity contribution is 8.15. The molecule has 7 nitrogen and oxygen atoms in total. The predicted octanol–water partition coefficient (Wildman–Crippen LogP) is 4.42. The highest BCUT2D eigenvalue weighted by atomic mass is 32.2. The normalized spacial score (nSPS) is 25.6. The van der Waals surface area contributed by atoms with Gasteiger partial charge in [-0.2, -0.15) is 13.2 Å². The summed E-state index contributed by atoms with van der Waals surface area (Å²) in [5, 5.41) is 2.44. The van der Waals surface area contributed by atoms with Crippen molar-refractivity contribution in [2.45, 2.75) is 43.2 Å². The Hall–Kier alpha value is -3.03. The van der Waals surface area contributed by atoms with Crippen molar-refractivity contribution in [1.82, 2.24) is 9.97 Å². The monoisotopic (exact) mass is 519 g/mol. The summed E-state index contributed by atoms with van der Waals surface area (Å²) in [6, 6.07) is 2.64. The van der Waals surface area contributed by atoms with E-state index in [1.165, 1.54) is 26.0 Å². The van der Waals surface area contributed by atoms with Gasteiger partial charge in [0.2, 0.25) is 5.88 Å². The van der Waals surface area contributed by atoms with Gasteiger partial charge < -0.3 is 15.8 Å². The van der Waals surface area contributed by atoms with Crippen LogP contribution in [0.15, 0.2) is 29.5 Å². The molecule has 3 N–H and O–H groups in total. The zero-order valence-corrected chi connectivity index (χ0v) is 19.1. The molecule has 0 radical (unpaired) electrons. The number of hydrogen-bond acceptors (Lipinski definition) is 7. The van der Waals surface area contributed by atoms with Crippen molar-refractivity contribution in [3.05, 3.63) is 47.2 Å². The van der Waals surface area contributed by atoms with Gasteiger partial charge in [0.25, 0.3) is 12.3 Å². The summed E-state index contributed by atoms with van der Waals surface area (Å²) in [6.07, 6.45) is -5.36. The molecule has 1 fully saturated rings. The number of halogens is 6. The van der Waals surface area contributed by atoms with E-state index < -0.39 is 53.0 Å². The van der Waals surface area contributed by atoms with Crippen LogP contribution in [0.1, 0.15) is 35.0 Å². The second-order valence-electron chi connectivity index (χ2n) is 8.46. The van der Waals surface area contributed by atoms with Crippen LogP contribution in [0.4, 0.5) is 32.0 Å². The number of hydrogen-bond donors (Lipinski definition) is 2. The Kier molecular flexibility index (Phi) is 6.14. The summed E-state index contributed by atoms with van der Waals surface area (Å²) in [7, 11) is 0. The van der Waals surface area contributed by atoms with Crippen LogP contribution in [-0.4, -0.2) is 45.0 Å². The molecule has 0 bridgehead atoms. The lowest BCUT2D eigenvalue weighted by Crippen LogP contribution is -2.39. The van der Waals surface area contributed by atoms with Crippen molar-refractivity contribution < 1.29 is 35.9 Å². The Morgan fingerprint density at radius 3 is 2.63 bits per heavy atom. The Morgan fingerprint density at radius 1 is 1.31 bits per heavy atom. The van der Waals surface area contributed by atoms with E-state index >= 15 is 4.39 Å². The fraction of sp³-hybridized carbons (Fsp3) is 0.429. The third-order valence-electron chi connectivity index (χ3n) is 5.94. The van der Waals surface area contributed by atoms with Crippen LogP contribution in [0.2, 0.25) is 0 Å². The van der Waals surface area contributed by atoms with Crippen molar-refractivity contribution in [3.63, 3.8) is 0 Å². The number of nitrogens with zero attached hydrogens (tertiary/aromatic N) is 3. The van der Waals surface area contributed by atoms with Gasteiger partial charge in [0, 0.05) is 17.2 Å². The second kappa shape index (κ2) is 8.57. The minimum atomic E-state index is -4.56. The molecule has 0 unspecified atom stereocenters. The lowest BCUT2D eigenvalue weighted by Gasteiger charge is -2.34. The lowest BCUT2D eigenvalue weighted by atomic mass is 9.84. The van der Waals surface area contributed by atoms with Gasteiger partial charge in [0.05, 0.1) is 22.7 Å². The van der Waals surface area contributed by atoms with Crippen molar-refractivity contribution in [2.75, 3.05) is 11.9 Å². The fourth-order valence-corrected chi connectivity index (χ4v) is 5.51. The van der Waals surface area contributed by atoms with Gasteiger partial charge in [-0.1, -0.05) is 11.8 Å². The fourth-order valence-electron chi connectivity index (χ4n) is 4.17. The highest BCUT2D eigenvalue weighted by Gasteiger charge is 2.71. The molecule has 1 aliphatic carbocycles. The van der Waals surface area contributed by atoms with Crippen LogP contribution in [0.3, 0.4) is 0 Å². The van der Waals surface area contributed by atoms with E-state index in [-0.39, 0.29) is 34.1 Å². The van der Waals surface area contributed by atoms with Gasteiger partial charge in [-0.05, 0) is 38.0 Å². The quantitative estimate of drug-likeness (QED) is 0.548. The molecule has 0 spiro atoms. The third-order valence-corrected chi connectivity index (χ3v) is 7.25. The number of aryl methyl sites for hydroxylation is 1. The summed E-state index contributed by atoms with van der Waals surface area (Å²) in [5.41, 5.74) is 4.49. The number of nitrogens with two attached hydrogens (primary N) is 1. The summed E-state index contributed by atoms with van der Waals surface area (Å²) in [5.74, 6) is -2.53. The first-order valence-corrected chi connectivity index (χ1v) is 11.0. The first kappa shape index (κ1) is 25.1. The van der Waals surface area contributed by atoms with Crippen molar-refractivity contribution in [1.29, 1.82) is 0 Å². The third kappa shape index (κ3) is 4.75. The van der Waals surface area contributed by atoms with Crippen LogP contribution in [0, 0.1) is 18.7 Å². The molecule has 2 heterocycles. The summed E-state index contributed by atoms with van der Waals surface area (Å²) >= 11 is 0.794. The Morgan fingerprint density at radius 2 is 2.03 bits per heavy atom. The van der Waals surface area contributed by atoms with E-state index in [2.05, 4.69) is 25.0 Å². The van der Waals surface area contributed by atoms with Crippen molar-refractivity contribution in [2.24, 2.45) is 16.6 Å². The highest BCUT2D eigenvalue weighted by Crippen LogP contribution is 2.68. The maximum absolute atomic E-state index is 15.2. The number of fused-ring (bicyclic) bond motifs is 1. The van der Waals surface area contributed by atoms with E-state index in [0.717, 1.165) is 24.2 Å². The zero-order chi connectivity index (χ0) is 25.8. The number of rotatable bonds is 6. The topological polar surface area (TPSA) is 102 Å². The molecular formula is C21H19F6N5O2S. The van der Waals surface area contributed by atoms with Gasteiger partial charge in [0.1, 0.15) is 11.5 Å². The molecule has 1 aliphatic heterocycles. The first-order chi connectivity index (χ1) is 16.2. The Labute approximate surface area is 199 Å². The summed E-state index contributed by atoms with van der Waals surface area (Å²) < 4.78 is 82.4. The Balaban J connectivity index is 1.57. The molecule has 2 aliphatic rings. The van der Waals surface area contributed by atoms with Gasteiger partial charge in [-0.15, -0.1) is 0 Å². The average molecular weight is 519 g/mol. The maximum atomic E-state index is 15.2. The van der Waals surface area contributed by atoms with E-state index in [1.54, 1.807) is 0 Å². The molecule has 1 amide bonds. The smallest absolute Gasteiger partial charge is 0.422 e. The van der Waals surface area contributed by atoms with E-state index in [1.807, 2.05) is 0 Å². The Bertz CT molecular complexity index is 1190. The minimum Gasteiger partial charge on any atom is -0.467 e. The molecule has 1 saturated carbocycles. The van der Waals surface area contributed by atoms with Crippen molar-refractivity contribution in [3.8, 4) is 5.88 Å². The number of carbonyl (C=O) groups excluding carboxylic acids is 1. The first-order valence-electron chi connectivity index (χ1n) is 10.2. The summed E-state index contributed by atoms with van der Waals surface area (Å²) in [6.45, 7) is 1.41. The SMILES string of the molecule is Cc1cc(NC(=O)c2cnc(OCC(F)(F)F)cn2)cc([C@]2(C)N=C(N)S[C@@]3(C(F)F)C[C@@H]23)c1F. The van der Waals surface area contributed by atoms with Crippen LogP contribution >= 0.6 is 11.8 Å². The zero-order valence-electron chi connectivity index (χ0n) is 18.3. The standard InChI is InChI=1S/C21H19F6N5O2S/c1-9-3-10(31-16(33)12-6-30-14(7-29-12)34-8-21(25,26)27)4-11(15(9)22)19(2)13-5-20(13,17(23)24)35-18(28)32-19/h3-4,6-7,13,17H,5,8H2,1-2H3,(H2,28,32)(H,31,33)/t13-,19-,20-/m0/s1. The number of ether oxygens (including phenoxy) is 1. The number of anilines is 1. The second-order valence-corrected chi connectivity index (χ2v) is 9.85. The van der Waals surface area contributed by atoms with Crippen molar-refractivity contribution >= 4 is 28.5 Å². The van der Waals surface area contributed by atoms with Crippen LogP contribution in [-0.2, 0) is 5.54 Å². The molecule has 2 aromatic rings. The number of carbonyl (C=O) groups is 1. The maximum Gasteiger partial charge on any atom is 0.422 e. The molecule has 1 aromatic carbocycles. The molecular weight excluding hydrogens is 500 g/mol. The van der Waals surface area contributed by atoms with Gasteiger partial charge in [-0.3, -0.25) is 9.79 Å². The number of aliphatic imine (C=N–C) groups is 1. The largest absolute Gasteiger partial charge is 0.467 e. The number of amides is 1. The number of benzene rings is 1. The number of alkyl halides is 5. The van der Waals surface area contributed by atoms with Gasteiger partial charge >= 0.3 is 6.18 Å². The molecule has 14 heteroatoms. The van der Waals surface area contributed by atoms with Gasteiger partial charge in [-0.25, -0.2) is 23.1 Å².